The molecular weight excluding hydrogens is 312 g/mol. The molecule has 1 aromatic rings. The molecule has 0 saturated heterocycles. The molecule has 0 radical (unpaired) electrons. The largest absolute Gasteiger partial charge is 0.309 e. The topological polar surface area (TPSA) is 46.9 Å². The average molecular weight is 337 g/mol. The molecule has 1 heterocycles. The summed E-state index contributed by atoms with van der Waals surface area (Å²) in [7, 11) is 1.91. The molecule has 4 rings (SSSR count). The molecule has 3 fully saturated rings. The number of carbonyl (C=O) groups is 1. The molecule has 1 aromatic heterocycles. The van der Waals surface area contributed by atoms with Gasteiger partial charge in [0.1, 0.15) is 5.92 Å². The highest BCUT2D eigenvalue weighted by Crippen LogP contribution is 2.54. The molecule has 3 saturated carbocycles. The van der Waals surface area contributed by atoms with Gasteiger partial charge in [-0.05, 0) is 37.0 Å². The van der Waals surface area contributed by atoms with E-state index in [9.17, 15) is 13.6 Å². The van der Waals surface area contributed by atoms with Crippen LogP contribution in [0, 0.1) is 11.3 Å². The number of nitrogens with one attached hydrogen (secondary N) is 1. The van der Waals surface area contributed by atoms with Crippen molar-refractivity contribution in [2.24, 2.45) is 18.4 Å². The molecular formula is C18H25F2N3O. The van der Waals surface area contributed by atoms with Crippen LogP contribution in [0.4, 0.5) is 14.6 Å². The maximum atomic E-state index is 13.2. The fourth-order valence-electron chi connectivity index (χ4n) is 4.40. The zero-order valence-corrected chi connectivity index (χ0v) is 14.5. The van der Waals surface area contributed by atoms with Gasteiger partial charge >= 0.3 is 0 Å². The number of amides is 1. The van der Waals surface area contributed by atoms with E-state index < -0.39 is 17.7 Å². The van der Waals surface area contributed by atoms with Gasteiger partial charge in [0.25, 0.3) is 5.92 Å². The monoisotopic (exact) mass is 337 g/mol. The van der Waals surface area contributed by atoms with Crippen molar-refractivity contribution < 1.29 is 13.6 Å². The molecule has 1 atom stereocenters. The molecule has 3 aliphatic carbocycles. The first-order valence-electron chi connectivity index (χ1n) is 8.93. The Balaban J connectivity index is 1.61. The van der Waals surface area contributed by atoms with Gasteiger partial charge in [0.15, 0.2) is 5.82 Å². The smallest absolute Gasteiger partial charge is 0.260 e. The first-order chi connectivity index (χ1) is 11.2. The molecule has 0 unspecified atom stereocenters. The second-order valence-electron chi connectivity index (χ2n) is 8.68. The highest BCUT2D eigenvalue weighted by atomic mass is 19.3. The van der Waals surface area contributed by atoms with Gasteiger partial charge < -0.3 is 5.32 Å². The summed E-state index contributed by atoms with van der Waals surface area (Å²) in [5.74, 6) is -3.21. The zero-order chi connectivity index (χ0) is 17.3. The number of hydrogen-bond donors (Lipinski definition) is 1. The summed E-state index contributed by atoms with van der Waals surface area (Å²) in [6.07, 6.45) is 5.26. The molecule has 0 aliphatic heterocycles. The van der Waals surface area contributed by atoms with Crippen molar-refractivity contribution in [1.29, 1.82) is 0 Å². The van der Waals surface area contributed by atoms with Crippen molar-refractivity contribution >= 4 is 11.7 Å². The predicted octanol–water partition coefficient (Wildman–Crippen LogP) is 4.18. The minimum atomic E-state index is -2.84. The third-order valence-electron chi connectivity index (χ3n) is 6.01. The van der Waals surface area contributed by atoms with Crippen LogP contribution < -0.4 is 5.32 Å². The predicted molar refractivity (Wildman–Crippen MR) is 87.2 cm³/mol. The number of aromatic nitrogens is 2. The van der Waals surface area contributed by atoms with E-state index in [0.29, 0.717) is 23.1 Å². The number of hydrogen-bond acceptors (Lipinski definition) is 2. The van der Waals surface area contributed by atoms with Gasteiger partial charge in [0.2, 0.25) is 5.91 Å². The first-order valence-corrected chi connectivity index (χ1v) is 8.93. The van der Waals surface area contributed by atoms with E-state index in [1.165, 1.54) is 12.1 Å². The molecule has 1 N–H and O–H groups in total. The minimum Gasteiger partial charge on any atom is -0.309 e. The lowest BCUT2D eigenvalue weighted by Crippen LogP contribution is -2.32. The van der Waals surface area contributed by atoms with Crippen LogP contribution in [0.1, 0.15) is 75.5 Å². The molecule has 132 valence electrons. The Morgan fingerprint density at radius 3 is 2.29 bits per heavy atom. The van der Waals surface area contributed by atoms with E-state index in [2.05, 4.69) is 24.3 Å². The van der Waals surface area contributed by atoms with Crippen molar-refractivity contribution in [2.75, 3.05) is 5.32 Å². The number of alkyl halides is 2. The van der Waals surface area contributed by atoms with Crippen LogP contribution in [0.2, 0.25) is 0 Å². The van der Waals surface area contributed by atoms with Crippen molar-refractivity contribution in [2.45, 2.75) is 70.1 Å². The van der Waals surface area contributed by atoms with E-state index in [1.807, 2.05) is 11.7 Å². The van der Waals surface area contributed by atoms with Crippen molar-refractivity contribution in [1.82, 2.24) is 9.78 Å². The van der Waals surface area contributed by atoms with E-state index in [1.54, 1.807) is 0 Å². The van der Waals surface area contributed by atoms with E-state index in [4.69, 9.17) is 0 Å². The molecule has 24 heavy (non-hydrogen) atoms. The van der Waals surface area contributed by atoms with E-state index in [-0.39, 0.29) is 6.42 Å². The summed E-state index contributed by atoms with van der Waals surface area (Å²) in [5, 5.41) is 7.21. The van der Waals surface area contributed by atoms with Crippen LogP contribution in [0.25, 0.3) is 0 Å². The van der Waals surface area contributed by atoms with Crippen LogP contribution in [0.5, 0.6) is 0 Å². The number of aryl methyl sites for hydroxylation is 1. The Hall–Kier alpha value is -1.46. The fourth-order valence-corrected chi connectivity index (χ4v) is 4.40. The van der Waals surface area contributed by atoms with Gasteiger partial charge in [-0.1, -0.05) is 20.3 Å². The second-order valence-corrected chi connectivity index (χ2v) is 8.68. The van der Waals surface area contributed by atoms with Crippen molar-refractivity contribution in [3.05, 3.63) is 11.3 Å². The highest BCUT2D eigenvalue weighted by molar-refractivity contribution is 5.95. The van der Waals surface area contributed by atoms with Gasteiger partial charge in [0, 0.05) is 30.6 Å². The molecule has 0 aromatic carbocycles. The number of carbonyl (C=O) groups excluding carboxylic acids is 1. The lowest BCUT2D eigenvalue weighted by atomic mass is 9.62. The van der Waals surface area contributed by atoms with Gasteiger partial charge in [-0.2, -0.15) is 5.10 Å². The molecule has 6 heteroatoms. The maximum absolute atomic E-state index is 13.2. The summed E-state index contributed by atoms with van der Waals surface area (Å²) < 4.78 is 28.2. The van der Waals surface area contributed by atoms with Gasteiger partial charge in [-0.25, -0.2) is 8.78 Å². The number of anilines is 1. The lowest BCUT2D eigenvalue weighted by Gasteiger charge is -2.43. The summed E-state index contributed by atoms with van der Waals surface area (Å²) in [5.41, 5.74) is 2.67. The molecule has 1 amide bonds. The van der Waals surface area contributed by atoms with Gasteiger partial charge in [-0.3, -0.25) is 9.48 Å². The Bertz CT molecular complexity index is 683. The third-order valence-corrected chi connectivity index (χ3v) is 6.01. The fraction of sp³-hybridized carbons (Fsp3) is 0.778. The standard InChI is InChI=1S/C18H25F2N3O/c1-17(2)7-11(8-17)14-13(10-5-4-6-10)15(22-23(14)3)21-16(24)12-9-18(12,19)20/h10-12H,4-9H2,1-3H3,(H,21,22,24)/t12-/m1/s1. The molecule has 3 aliphatic rings. The van der Waals surface area contributed by atoms with Gasteiger partial charge in [-0.15, -0.1) is 0 Å². The lowest BCUT2D eigenvalue weighted by molar-refractivity contribution is -0.119. The van der Waals surface area contributed by atoms with Crippen LogP contribution in [0.15, 0.2) is 0 Å². The quantitative estimate of drug-likeness (QED) is 0.896. The zero-order valence-electron chi connectivity index (χ0n) is 14.5. The second kappa shape index (κ2) is 5.02. The van der Waals surface area contributed by atoms with E-state index in [0.717, 1.165) is 31.2 Å². The SMILES string of the molecule is Cn1nc(NC(=O)[C@H]2CC2(F)F)c(C2CCC2)c1C1CC(C)(C)C1. The molecule has 0 bridgehead atoms. The van der Waals surface area contributed by atoms with Crippen LogP contribution in [-0.2, 0) is 11.8 Å². The average Bonchev–Trinajstić information content (AvgIpc) is 2.91. The first kappa shape index (κ1) is 16.0. The normalized spacial score (nSPS) is 28.1. The van der Waals surface area contributed by atoms with E-state index >= 15 is 0 Å². The maximum Gasteiger partial charge on any atom is 0.260 e. The third kappa shape index (κ3) is 2.54. The Labute approximate surface area is 141 Å². The highest BCUT2D eigenvalue weighted by Gasteiger charge is 2.61. The summed E-state index contributed by atoms with van der Waals surface area (Å²) in [6.45, 7) is 4.53. The Morgan fingerprint density at radius 2 is 1.83 bits per heavy atom. The summed E-state index contributed by atoms with van der Waals surface area (Å²) in [4.78, 5) is 12.1. The van der Waals surface area contributed by atoms with Crippen LogP contribution >= 0.6 is 0 Å². The molecule has 4 nitrogen and oxygen atoms in total. The van der Waals surface area contributed by atoms with Crippen LogP contribution in [0.3, 0.4) is 0 Å². The summed E-state index contributed by atoms with van der Waals surface area (Å²) >= 11 is 0. The van der Waals surface area contributed by atoms with Crippen LogP contribution in [-0.4, -0.2) is 21.6 Å². The Morgan fingerprint density at radius 1 is 1.21 bits per heavy atom. The minimum absolute atomic E-state index is 0.339. The van der Waals surface area contributed by atoms with Gasteiger partial charge in [0.05, 0.1) is 0 Å². The number of rotatable bonds is 4. The number of nitrogens with zero attached hydrogens (tertiary/aromatic N) is 2. The van der Waals surface area contributed by atoms with Crippen molar-refractivity contribution in [3.63, 3.8) is 0 Å². The Kier molecular flexibility index (Phi) is 3.35. The number of halogens is 2. The molecule has 0 spiro atoms. The summed E-state index contributed by atoms with van der Waals surface area (Å²) in [6, 6.07) is 0. The van der Waals surface area contributed by atoms with Crippen molar-refractivity contribution in [3.8, 4) is 0 Å².